The van der Waals surface area contributed by atoms with E-state index in [1.807, 2.05) is 12.1 Å². The number of fused-ring (bicyclic) bond motifs is 1. The molecule has 5 heteroatoms. The Morgan fingerprint density at radius 3 is 2.75 bits per heavy atom. The van der Waals surface area contributed by atoms with Crippen LogP contribution in [0.4, 0.5) is 0 Å². The predicted molar refractivity (Wildman–Crippen MR) is 69.0 cm³/mol. The zero-order valence-corrected chi connectivity index (χ0v) is 11.2. The van der Waals surface area contributed by atoms with Gasteiger partial charge in [-0.25, -0.2) is 0 Å². The number of hydrogen-bond acceptors (Lipinski definition) is 1. The minimum absolute atomic E-state index is 0.0637. The van der Waals surface area contributed by atoms with Gasteiger partial charge in [-0.3, -0.25) is 4.79 Å². The van der Waals surface area contributed by atoms with Crippen LogP contribution in [0.1, 0.15) is 10.4 Å². The number of nitrogens with one attached hydrogen (secondary N) is 1. The molecule has 0 aliphatic rings. The zero-order chi connectivity index (χ0) is 11.9. The Morgan fingerprint density at radius 1 is 1.44 bits per heavy atom. The van der Waals surface area contributed by atoms with E-state index in [0.29, 0.717) is 10.6 Å². The summed E-state index contributed by atoms with van der Waals surface area (Å²) in [5.74, 6) is -0.0637. The molecule has 1 aromatic heterocycles. The molecule has 2 aromatic rings. The van der Waals surface area contributed by atoms with Crippen LogP contribution in [0.15, 0.2) is 22.8 Å². The number of carbonyl (C=O) groups is 1. The third-order valence-electron chi connectivity index (χ3n) is 2.37. The lowest BCUT2D eigenvalue weighted by Gasteiger charge is -2.09. The Balaban J connectivity index is 2.72. The molecule has 16 heavy (non-hydrogen) atoms. The van der Waals surface area contributed by atoms with Gasteiger partial charge in [-0.15, -0.1) is 0 Å². The van der Waals surface area contributed by atoms with Gasteiger partial charge in [0.1, 0.15) is 0 Å². The monoisotopic (exact) mass is 300 g/mol. The molecule has 2 rings (SSSR count). The molecule has 1 N–H and O–H groups in total. The third-order valence-corrected chi connectivity index (χ3v) is 3.65. The van der Waals surface area contributed by atoms with Crippen LogP contribution in [0.5, 0.6) is 0 Å². The fourth-order valence-electron chi connectivity index (χ4n) is 1.57. The van der Waals surface area contributed by atoms with Crippen molar-refractivity contribution < 1.29 is 4.79 Å². The smallest absolute Gasteiger partial charge is 0.255 e. The van der Waals surface area contributed by atoms with Gasteiger partial charge in [0.25, 0.3) is 5.91 Å². The molecule has 0 aliphatic carbocycles. The Kier molecular flexibility index (Phi) is 2.95. The maximum absolute atomic E-state index is 11.9. The van der Waals surface area contributed by atoms with Crippen LogP contribution in [0.3, 0.4) is 0 Å². The molecule has 0 saturated carbocycles. The van der Waals surface area contributed by atoms with Crippen LogP contribution in [0, 0.1) is 0 Å². The van der Waals surface area contributed by atoms with Gasteiger partial charge < -0.3 is 9.88 Å². The molecule has 0 unspecified atom stereocenters. The molecule has 0 spiro atoms. The molecular formula is C11H10BrClN2O. The van der Waals surface area contributed by atoms with Crippen LogP contribution >= 0.6 is 27.5 Å². The van der Waals surface area contributed by atoms with Crippen molar-refractivity contribution >= 4 is 44.3 Å². The van der Waals surface area contributed by atoms with E-state index >= 15 is 0 Å². The maximum atomic E-state index is 11.9. The van der Waals surface area contributed by atoms with E-state index < -0.39 is 0 Å². The highest BCUT2D eigenvalue weighted by atomic mass is 79.9. The Hall–Kier alpha value is -1.000. The van der Waals surface area contributed by atoms with E-state index in [1.54, 1.807) is 20.3 Å². The van der Waals surface area contributed by atoms with Crippen LogP contribution in [-0.2, 0) is 0 Å². The number of nitrogens with zero attached hydrogens (tertiary/aromatic N) is 1. The van der Waals surface area contributed by atoms with Crippen molar-refractivity contribution in [1.82, 2.24) is 9.88 Å². The van der Waals surface area contributed by atoms with Gasteiger partial charge in [0.05, 0.1) is 10.6 Å². The average Bonchev–Trinajstić information content (AvgIpc) is 2.66. The number of hydrogen-bond donors (Lipinski definition) is 1. The summed E-state index contributed by atoms with van der Waals surface area (Å²) < 4.78 is 0.786. The highest BCUT2D eigenvalue weighted by molar-refractivity contribution is 9.10. The fraction of sp³-hybridized carbons (Fsp3) is 0.182. The molecule has 0 radical (unpaired) electrons. The van der Waals surface area contributed by atoms with E-state index in [-0.39, 0.29) is 5.91 Å². The van der Waals surface area contributed by atoms with Crippen LogP contribution < -0.4 is 0 Å². The molecule has 3 nitrogen and oxygen atoms in total. The van der Waals surface area contributed by atoms with Gasteiger partial charge in [-0.1, -0.05) is 11.6 Å². The summed E-state index contributed by atoms with van der Waals surface area (Å²) in [7, 11) is 3.43. The first-order chi connectivity index (χ1) is 7.52. The largest absolute Gasteiger partial charge is 0.360 e. The quantitative estimate of drug-likeness (QED) is 0.862. The van der Waals surface area contributed by atoms with Gasteiger partial charge in [0, 0.05) is 35.7 Å². The summed E-state index contributed by atoms with van der Waals surface area (Å²) >= 11 is 9.53. The number of benzene rings is 1. The minimum atomic E-state index is -0.0637. The number of carbonyl (C=O) groups excluding carboxylic acids is 1. The average molecular weight is 302 g/mol. The number of halogens is 2. The summed E-state index contributed by atoms with van der Waals surface area (Å²) in [5, 5.41) is 1.32. The highest BCUT2D eigenvalue weighted by Crippen LogP contribution is 2.33. The second kappa shape index (κ2) is 4.11. The lowest BCUT2D eigenvalue weighted by molar-refractivity contribution is 0.0829. The SMILES string of the molecule is CN(C)C(=O)c1c[nH]c2ccc(Br)c(Cl)c12. The van der Waals surface area contributed by atoms with Gasteiger partial charge >= 0.3 is 0 Å². The summed E-state index contributed by atoms with van der Waals surface area (Å²) in [4.78, 5) is 16.5. The molecule has 0 saturated heterocycles. The zero-order valence-electron chi connectivity index (χ0n) is 8.84. The van der Waals surface area contributed by atoms with Gasteiger partial charge in [-0.05, 0) is 28.1 Å². The topological polar surface area (TPSA) is 36.1 Å². The van der Waals surface area contributed by atoms with Crippen molar-refractivity contribution in [2.75, 3.05) is 14.1 Å². The molecule has 0 bridgehead atoms. The highest BCUT2D eigenvalue weighted by Gasteiger charge is 2.17. The van der Waals surface area contributed by atoms with Crippen LogP contribution in [-0.4, -0.2) is 29.9 Å². The molecule has 84 valence electrons. The van der Waals surface area contributed by atoms with Crippen molar-refractivity contribution in [3.8, 4) is 0 Å². The summed E-state index contributed by atoms with van der Waals surface area (Å²) in [6.07, 6.45) is 1.69. The normalized spacial score (nSPS) is 10.8. The fourth-order valence-corrected chi connectivity index (χ4v) is 2.16. The molecule has 0 atom stereocenters. The lowest BCUT2D eigenvalue weighted by Crippen LogP contribution is -2.21. The first kappa shape index (κ1) is 11.5. The molecule has 0 fully saturated rings. The van der Waals surface area contributed by atoms with E-state index in [2.05, 4.69) is 20.9 Å². The van der Waals surface area contributed by atoms with Crippen molar-refractivity contribution in [2.45, 2.75) is 0 Å². The molecule has 0 aliphatic heterocycles. The van der Waals surface area contributed by atoms with Gasteiger partial charge in [0.2, 0.25) is 0 Å². The van der Waals surface area contributed by atoms with Gasteiger partial charge in [0.15, 0.2) is 0 Å². The first-order valence-corrected chi connectivity index (χ1v) is 5.86. The Bertz CT molecular complexity index is 562. The number of H-pyrrole nitrogens is 1. The lowest BCUT2D eigenvalue weighted by atomic mass is 10.1. The number of aromatic amines is 1. The Morgan fingerprint density at radius 2 is 2.12 bits per heavy atom. The number of aromatic nitrogens is 1. The van der Waals surface area contributed by atoms with E-state index in [4.69, 9.17) is 11.6 Å². The summed E-state index contributed by atoms with van der Waals surface area (Å²) in [5.41, 5.74) is 1.45. The van der Waals surface area contributed by atoms with Crippen molar-refractivity contribution in [2.24, 2.45) is 0 Å². The maximum Gasteiger partial charge on any atom is 0.255 e. The number of rotatable bonds is 1. The molecular weight excluding hydrogens is 291 g/mol. The second-order valence-electron chi connectivity index (χ2n) is 3.69. The van der Waals surface area contributed by atoms with E-state index in [9.17, 15) is 4.79 Å². The third kappa shape index (κ3) is 1.72. The van der Waals surface area contributed by atoms with Crippen molar-refractivity contribution in [1.29, 1.82) is 0 Å². The first-order valence-electron chi connectivity index (χ1n) is 4.69. The van der Waals surface area contributed by atoms with E-state index in [0.717, 1.165) is 15.4 Å². The number of amides is 1. The van der Waals surface area contributed by atoms with Crippen molar-refractivity contribution in [3.05, 3.63) is 33.4 Å². The van der Waals surface area contributed by atoms with Crippen molar-refractivity contribution in [3.63, 3.8) is 0 Å². The standard InChI is InChI=1S/C11H10BrClN2O/c1-15(2)11(16)6-5-14-8-4-3-7(12)10(13)9(6)8/h3-5,14H,1-2H3. The minimum Gasteiger partial charge on any atom is -0.360 e. The van der Waals surface area contributed by atoms with Crippen LogP contribution in [0.25, 0.3) is 10.9 Å². The Labute approximate surface area is 107 Å². The van der Waals surface area contributed by atoms with Crippen LogP contribution in [0.2, 0.25) is 5.02 Å². The molecule has 1 heterocycles. The van der Waals surface area contributed by atoms with E-state index in [1.165, 1.54) is 4.90 Å². The van der Waals surface area contributed by atoms with Gasteiger partial charge in [-0.2, -0.15) is 0 Å². The summed E-state index contributed by atoms with van der Waals surface area (Å²) in [6, 6.07) is 3.74. The summed E-state index contributed by atoms with van der Waals surface area (Å²) in [6.45, 7) is 0. The molecule has 1 amide bonds. The second-order valence-corrected chi connectivity index (χ2v) is 4.92. The predicted octanol–water partition coefficient (Wildman–Crippen LogP) is 3.29. The molecule has 1 aromatic carbocycles.